The van der Waals surface area contributed by atoms with Crippen molar-refractivity contribution in [2.75, 3.05) is 42.5 Å². The monoisotopic (exact) mass is 549 g/mol. The Morgan fingerprint density at radius 3 is 2.50 bits per heavy atom. The molecule has 0 aliphatic carbocycles. The molecule has 0 unspecified atom stereocenters. The highest BCUT2D eigenvalue weighted by atomic mass is 16.6. The summed E-state index contributed by atoms with van der Waals surface area (Å²) >= 11 is 0. The number of pyridine rings is 1. The third-order valence-electron chi connectivity index (χ3n) is 7.13. The molecule has 1 aliphatic rings. The molecule has 0 atom stereocenters. The second-order valence-electron chi connectivity index (χ2n) is 9.95. The number of nitrogens with one attached hydrogen (secondary N) is 2. The van der Waals surface area contributed by atoms with Crippen LogP contribution in [0, 0.1) is 16.0 Å². The summed E-state index contributed by atoms with van der Waals surface area (Å²) < 4.78 is 2.02. The average molecular weight is 550 g/mol. The van der Waals surface area contributed by atoms with E-state index >= 15 is 0 Å². The molecule has 1 amide bonds. The van der Waals surface area contributed by atoms with Crippen LogP contribution >= 0.6 is 0 Å². The molecule has 0 radical (unpaired) electrons. The van der Waals surface area contributed by atoms with Crippen molar-refractivity contribution in [3.63, 3.8) is 0 Å². The number of hydrogen-bond acceptors (Lipinski definition) is 8. The zero-order valence-corrected chi connectivity index (χ0v) is 22.5. The number of aryl methyl sites for hydroxylation is 2. The lowest BCUT2D eigenvalue weighted by atomic mass is 9.97. The van der Waals surface area contributed by atoms with E-state index in [-0.39, 0.29) is 29.9 Å². The van der Waals surface area contributed by atoms with E-state index < -0.39 is 10.9 Å². The molecular weight excluding hydrogens is 514 g/mol. The van der Waals surface area contributed by atoms with E-state index in [1.807, 2.05) is 21.9 Å². The van der Waals surface area contributed by atoms with Gasteiger partial charge in [-0.2, -0.15) is 0 Å². The number of aromatic nitrogens is 2. The number of rotatable bonds is 12. The van der Waals surface area contributed by atoms with Crippen molar-refractivity contribution in [3.8, 4) is 11.1 Å². The summed E-state index contributed by atoms with van der Waals surface area (Å²) in [4.78, 5) is 40.6. The summed E-state index contributed by atoms with van der Waals surface area (Å²) in [6.45, 7) is 4.70. The van der Waals surface area contributed by atoms with Gasteiger partial charge < -0.3 is 26.0 Å². The van der Waals surface area contributed by atoms with Crippen LogP contribution in [-0.2, 0) is 22.6 Å². The van der Waals surface area contributed by atoms with Crippen molar-refractivity contribution in [1.29, 1.82) is 0 Å². The number of piperidine rings is 1. The molecule has 12 nitrogen and oxygen atoms in total. The van der Waals surface area contributed by atoms with Crippen LogP contribution in [0.5, 0.6) is 0 Å². The maximum absolute atomic E-state index is 13.0. The van der Waals surface area contributed by atoms with Gasteiger partial charge in [0.1, 0.15) is 5.82 Å². The zero-order chi connectivity index (χ0) is 28.6. The maximum Gasteiger partial charge on any atom is 0.311 e. The SMILES string of the molecule is CCc1ccc(-c2cn(CCCNc3ccc([N+](=O)[O-])c(N)n3)cc2NC(=O)CN2CCC(C(=O)O)CC2)cc1. The van der Waals surface area contributed by atoms with Crippen molar-refractivity contribution in [3.05, 3.63) is 64.5 Å². The molecule has 5 N–H and O–H groups in total. The first-order chi connectivity index (χ1) is 19.2. The van der Waals surface area contributed by atoms with Gasteiger partial charge in [-0.1, -0.05) is 31.2 Å². The number of hydrogen-bond donors (Lipinski definition) is 4. The Bertz CT molecular complexity index is 1350. The van der Waals surface area contributed by atoms with Crippen LogP contribution in [0.4, 0.5) is 23.0 Å². The molecule has 2 aromatic heterocycles. The third kappa shape index (κ3) is 7.35. The van der Waals surface area contributed by atoms with E-state index in [1.54, 1.807) is 0 Å². The van der Waals surface area contributed by atoms with E-state index in [4.69, 9.17) is 5.73 Å². The second kappa shape index (κ2) is 13.1. The smallest absolute Gasteiger partial charge is 0.311 e. The summed E-state index contributed by atoms with van der Waals surface area (Å²) in [6.07, 6.45) is 6.68. The number of nitrogens with zero attached hydrogens (tertiary/aromatic N) is 4. The molecule has 0 bridgehead atoms. The Hall–Kier alpha value is -4.45. The van der Waals surface area contributed by atoms with Gasteiger partial charge in [-0.05, 0) is 56.0 Å². The number of anilines is 3. The lowest BCUT2D eigenvalue weighted by Gasteiger charge is -2.29. The Labute approximate surface area is 232 Å². The Morgan fingerprint density at radius 1 is 1.15 bits per heavy atom. The minimum absolute atomic E-state index is 0.134. The number of aliphatic carboxylic acids is 1. The fourth-order valence-electron chi connectivity index (χ4n) is 4.82. The zero-order valence-electron chi connectivity index (χ0n) is 22.5. The predicted molar refractivity (Wildman–Crippen MR) is 153 cm³/mol. The van der Waals surface area contributed by atoms with Gasteiger partial charge in [-0.3, -0.25) is 24.6 Å². The summed E-state index contributed by atoms with van der Waals surface area (Å²) in [6, 6.07) is 11.1. The first-order valence-electron chi connectivity index (χ1n) is 13.4. The van der Waals surface area contributed by atoms with Crippen LogP contribution < -0.4 is 16.4 Å². The van der Waals surface area contributed by atoms with Crippen LogP contribution in [0.3, 0.4) is 0 Å². The number of amides is 1. The normalized spacial score (nSPS) is 14.1. The highest BCUT2D eigenvalue weighted by Crippen LogP contribution is 2.30. The van der Waals surface area contributed by atoms with Crippen LogP contribution in [0.1, 0.15) is 31.7 Å². The number of nitro groups is 1. The van der Waals surface area contributed by atoms with Gasteiger partial charge >= 0.3 is 11.7 Å². The van der Waals surface area contributed by atoms with E-state index in [2.05, 4.69) is 46.8 Å². The fourth-order valence-corrected chi connectivity index (χ4v) is 4.82. The number of benzene rings is 1. The number of carbonyl (C=O) groups excluding carboxylic acids is 1. The standard InChI is InChI=1S/C28H35N7O5/c1-2-19-4-6-20(7-5-19)22-16-34(13-3-12-30-25-9-8-24(35(39)40)27(29)32-25)17-23(22)31-26(36)18-33-14-10-21(11-15-33)28(37)38/h4-9,16-17,21H,2-3,10-15,18H2,1H3,(H,31,36)(H,37,38)(H3,29,30,32). The molecular formula is C28H35N7O5. The summed E-state index contributed by atoms with van der Waals surface area (Å²) in [5.74, 6) is -0.915. The largest absolute Gasteiger partial charge is 0.481 e. The second-order valence-corrected chi connectivity index (χ2v) is 9.95. The number of carbonyl (C=O) groups is 2. The maximum atomic E-state index is 13.0. The third-order valence-corrected chi connectivity index (χ3v) is 7.13. The van der Waals surface area contributed by atoms with E-state index in [1.165, 1.54) is 17.7 Å². The molecule has 1 fully saturated rings. The van der Waals surface area contributed by atoms with Gasteiger partial charge in [0.2, 0.25) is 11.7 Å². The Kier molecular flexibility index (Phi) is 9.33. The van der Waals surface area contributed by atoms with Crippen LogP contribution in [0.15, 0.2) is 48.8 Å². The van der Waals surface area contributed by atoms with Gasteiger partial charge in [0.05, 0.1) is 23.1 Å². The quantitative estimate of drug-likeness (QED) is 0.149. The number of nitrogen functional groups attached to an aromatic ring is 1. The molecule has 12 heteroatoms. The molecule has 3 heterocycles. The Balaban J connectivity index is 1.39. The predicted octanol–water partition coefficient (Wildman–Crippen LogP) is 3.84. The van der Waals surface area contributed by atoms with Crippen molar-refractivity contribution in [1.82, 2.24) is 14.5 Å². The fraction of sp³-hybridized carbons (Fsp3) is 0.393. The van der Waals surface area contributed by atoms with Gasteiger partial charge in [0.25, 0.3) is 0 Å². The van der Waals surface area contributed by atoms with E-state index in [0.29, 0.717) is 50.5 Å². The molecule has 1 saturated heterocycles. The minimum atomic E-state index is -0.771. The summed E-state index contributed by atoms with van der Waals surface area (Å²) in [7, 11) is 0. The van der Waals surface area contributed by atoms with Crippen LogP contribution in [-0.4, -0.2) is 62.5 Å². The number of nitrogens with two attached hydrogens (primary N) is 1. The van der Waals surface area contributed by atoms with Crippen LogP contribution in [0.25, 0.3) is 11.1 Å². The molecule has 40 heavy (non-hydrogen) atoms. The number of carboxylic acid groups (broad SMARTS) is 1. The topological polar surface area (TPSA) is 169 Å². The molecule has 0 saturated carbocycles. The first kappa shape index (κ1) is 28.6. The molecule has 212 valence electrons. The Morgan fingerprint density at radius 2 is 1.88 bits per heavy atom. The number of likely N-dealkylation sites (tertiary alicyclic amines) is 1. The van der Waals surface area contributed by atoms with Gasteiger partial charge in [-0.25, -0.2) is 4.98 Å². The summed E-state index contributed by atoms with van der Waals surface area (Å²) in [5, 5.41) is 26.3. The molecule has 1 aliphatic heterocycles. The molecule has 0 spiro atoms. The lowest BCUT2D eigenvalue weighted by Crippen LogP contribution is -2.40. The van der Waals surface area contributed by atoms with E-state index in [9.17, 15) is 24.8 Å². The highest BCUT2D eigenvalue weighted by Gasteiger charge is 2.25. The van der Waals surface area contributed by atoms with E-state index in [0.717, 1.165) is 24.0 Å². The van der Waals surface area contributed by atoms with Crippen molar-refractivity contribution < 1.29 is 19.6 Å². The van der Waals surface area contributed by atoms with Gasteiger partial charge in [0.15, 0.2) is 0 Å². The van der Waals surface area contributed by atoms with Gasteiger partial charge in [-0.15, -0.1) is 0 Å². The van der Waals surface area contributed by atoms with Crippen molar-refractivity contribution in [2.24, 2.45) is 5.92 Å². The molecule has 1 aromatic carbocycles. The number of carboxylic acids is 1. The van der Waals surface area contributed by atoms with Crippen molar-refractivity contribution in [2.45, 2.75) is 39.2 Å². The molecule has 4 rings (SSSR count). The lowest BCUT2D eigenvalue weighted by molar-refractivity contribution is -0.384. The highest BCUT2D eigenvalue weighted by molar-refractivity contribution is 5.96. The first-order valence-corrected chi connectivity index (χ1v) is 13.4. The van der Waals surface area contributed by atoms with Gasteiger partial charge in [0, 0.05) is 37.1 Å². The summed E-state index contributed by atoms with van der Waals surface area (Å²) in [5.41, 5.74) is 9.30. The average Bonchev–Trinajstić information content (AvgIpc) is 3.33. The molecule has 3 aromatic rings. The minimum Gasteiger partial charge on any atom is -0.481 e. The van der Waals surface area contributed by atoms with Crippen molar-refractivity contribution >= 4 is 34.9 Å². The van der Waals surface area contributed by atoms with Crippen LogP contribution in [0.2, 0.25) is 0 Å².